The standard InChI is InChI=1S/C13H26N2/c1-11(12-6-7-12)14-10-13(15(2)3)8-4-5-9-13/h11-12,14H,4-10H2,1-3H3. The van der Waals surface area contributed by atoms with Crippen LogP contribution in [-0.4, -0.2) is 37.1 Å². The van der Waals surface area contributed by atoms with E-state index in [1.165, 1.54) is 45.1 Å². The molecule has 0 aromatic rings. The zero-order valence-corrected chi connectivity index (χ0v) is 10.6. The van der Waals surface area contributed by atoms with Gasteiger partial charge in [0.2, 0.25) is 0 Å². The van der Waals surface area contributed by atoms with Gasteiger partial charge in [-0.1, -0.05) is 12.8 Å². The van der Waals surface area contributed by atoms with Crippen molar-refractivity contribution in [1.29, 1.82) is 0 Å². The quantitative estimate of drug-likeness (QED) is 0.749. The molecule has 2 nitrogen and oxygen atoms in total. The Morgan fingerprint density at radius 1 is 1.27 bits per heavy atom. The highest BCUT2D eigenvalue weighted by molar-refractivity contribution is 4.96. The number of likely N-dealkylation sites (N-methyl/N-ethyl adjacent to an activating group) is 1. The highest BCUT2D eigenvalue weighted by Gasteiger charge is 2.37. The molecule has 2 rings (SSSR count). The molecule has 2 heteroatoms. The van der Waals surface area contributed by atoms with Crippen LogP contribution in [0.2, 0.25) is 0 Å². The molecule has 15 heavy (non-hydrogen) atoms. The van der Waals surface area contributed by atoms with E-state index < -0.39 is 0 Å². The molecule has 0 saturated heterocycles. The molecule has 1 N–H and O–H groups in total. The summed E-state index contributed by atoms with van der Waals surface area (Å²) in [6.45, 7) is 3.55. The molecule has 0 radical (unpaired) electrons. The number of hydrogen-bond donors (Lipinski definition) is 1. The van der Waals surface area contributed by atoms with Crippen molar-refractivity contribution >= 4 is 0 Å². The van der Waals surface area contributed by atoms with Crippen molar-refractivity contribution < 1.29 is 0 Å². The lowest BCUT2D eigenvalue weighted by Crippen LogP contribution is -2.51. The van der Waals surface area contributed by atoms with Crippen LogP contribution in [0.1, 0.15) is 45.4 Å². The van der Waals surface area contributed by atoms with Crippen molar-refractivity contribution in [3.8, 4) is 0 Å². The van der Waals surface area contributed by atoms with Gasteiger partial charge >= 0.3 is 0 Å². The molecule has 0 aromatic carbocycles. The van der Waals surface area contributed by atoms with E-state index in [0.717, 1.165) is 12.0 Å². The van der Waals surface area contributed by atoms with Crippen molar-refractivity contribution in [1.82, 2.24) is 10.2 Å². The van der Waals surface area contributed by atoms with E-state index in [4.69, 9.17) is 0 Å². The number of nitrogens with one attached hydrogen (secondary N) is 1. The summed E-state index contributed by atoms with van der Waals surface area (Å²) in [5.41, 5.74) is 0.461. The molecule has 88 valence electrons. The van der Waals surface area contributed by atoms with E-state index in [1.807, 2.05) is 0 Å². The van der Waals surface area contributed by atoms with Crippen molar-refractivity contribution in [3.63, 3.8) is 0 Å². The van der Waals surface area contributed by atoms with Crippen molar-refractivity contribution in [2.45, 2.75) is 57.0 Å². The normalized spacial score (nSPS) is 27.2. The molecule has 0 bridgehead atoms. The summed E-state index contributed by atoms with van der Waals surface area (Å²) in [5.74, 6) is 0.977. The van der Waals surface area contributed by atoms with Gasteiger partial charge in [0.15, 0.2) is 0 Å². The maximum Gasteiger partial charge on any atom is 0.0327 e. The summed E-state index contributed by atoms with van der Waals surface area (Å²) in [4.78, 5) is 2.45. The molecule has 0 aliphatic heterocycles. The Bertz CT molecular complexity index is 203. The molecule has 2 aliphatic rings. The number of nitrogens with zero attached hydrogens (tertiary/aromatic N) is 1. The molecule has 0 spiro atoms. The zero-order chi connectivity index (χ0) is 10.9. The average molecular weight is 210 g/mol. The summed E-state index contributed by atoms with van der Waals surface area (Å²) in [6.07, 6.45) is 8.48. The first-order valence-electron chi connectivity index (χ1n) is 6.55. The van der Waals surface area contributed by atoms with Crippen LogP contribution in [-0.2, 0) is 0 Å². The Morgan fingerprint density at radius 2 is 1.87 bits per heavy atom. The van der Waals surface area contributed by atoms with Crippen LogP contribution in [0, 0.1) is 5.92 Å². The lowest BCUT2D eigenvalue weighted by atomic mass is 9.95. The maximum atomic E-state index is 3.77. The Hall–Kier alpha value is -0.0800. The Labute approximate surface area is 94.4 Å². The number of rotatable bonds is 5. The van der Waals surface area contributed by atoms with Gasteiger partial charge in [0, 0.05) is 18.1 Å². The minimum absolute atomic E-state index is 0.461. The molecule has 0 aromatic heterocycles. The monoisotopic (exact) mass is 210 g/mol. The smallest absolute Gasteiger partial charge is 0.0327 e. The third-order valence-electron chi connectivity index (χ3n) is 4.57. The van der Waals surface area contributed by atoms with Gasteiger partial charge in [-0.25, -0.2) is 0 Å². The second-order valence-corrected chi connectivity index (χ2v) is 5.83. The van der Waals surface area contributed by atoms with Gasteiger partial charge in [-0.15, -0.1) is 0 Å². The van der Waals surface area contributed by atoms with Gasteiger partial charge in [0.1, 0.15) is 0 Å². The second-order valence-electron chi connectivity index (χ2n) is 5.83. The van der Waals surface area contributed by atoms with Crippen LogP contribution in [0.4, 0.5) is 0 Å². The van der Waals surface area contributed by atoms with E-state index in [0.29, 0.717) is 5.54 Å². The van der Waals surface area contributed by atoms with Crippen molar-refractivity contribution in [2.24, 2.45) is 5.92 Å². The van der Waals surface area contributed by atoms with E-state index in [2.05, 4.69) is 31.2 Å². The van der Waals surface area contributed by atoms with E-state index >= 15 is 0 Å². The van der Waals surface area contributed by atoms with Gasteiger partial charge in [-0.2, -0.15) is 0 Å². The van der Waals surface area contributed by atoms with Crippen LogP contribution in [0.3, 0.4) is 0 Å². The molecule has 1 unspecified atom stereocenters. The largest absolute Gasteiger partial charge is 0.312 e. The first kappa shape index (κ1) is 11.4. The third kappa shape index (κ3) is 2.54. The summed E-state index contributed by atoms with van der Waals surface area (Å²) < 4.78 is 0. The van der Waals surface area contributed by atoms with Gasteiger partial charge in [-0.3, -0.25) is 0 Å². The lowest BCUT2D eigenvalue weighted by molar-refractivity contribution is 0.148. The van der Waals surface area contributed by atoms with Crippen molar-refractivity contribution in [3.05, 3.63) is 0 Å². The van der Waals surface area contributed by atoms with Gasteiger partial charge in [0.05, 0.1) is 0 Å². The molecule has 0 amide bonds. The molecule has 1 atom stereocenters. The predicted molar refractivity (Wildman–Crippen MR) is 65.1 cm³/mol. The van der Waals surface area contributed by atoms with E-state index in [-0.39, 0.29) is 0 Å². The molecular formula is C13H26N2. The summed E-state index contributed by atoms with van der Waals surface area (Å²) in [6, 6.07) is 0.738. The first-order chi connectivity index (χ1) is 7.14. The molecule has 2 fully saturated rings. The maximum absolute atomic E-state index is 3.77. The molecule has 2 saturated carbocycles. The summed E-state index contributed by atoms with van der Waals surface area (Å²) >= 11 is 0. The predicted octanol–water partition coefficient (Wildman–Crippen LogP) is 2.25. The van der Waals surface area contributed by atoms with Gasteiger partial charge in [-0.05, 0) is 52.6 Å². The summed E-state index contributed by atoms with van der Waals surface area (Å²) in [5, 5.41) is 3.77. The molecular weight excluding hydrogens is 184 g/mol. The van der Waals surface area contributed by atoms with Crippen LogP contribution < -0.4 is 5.32 Å². The SMILES string of the molecule is CC(NCC1(N(C)C)CCCC1)C1CC1. The molecule has 2 aliphatic carbocycles. The third-order valence-corrected chi connectivity index (χ3v) is 4.57. The minimum atomic E-state index is 0.461. The lowest BCUT2D eigenvalue weighted by Gasteiger charge is -2.37. The fourth-order valence-electron chi connectivity index (χ4n) is 2.93. The van der Waals surface area contributed by atoms with Crippen LogP contribution in [0.15, 0.2) is 0 Å². The van der Waals surface area contributed by atoms with Crippen LogP contribution >= 0.6 is 0 Å². The van der Waals surface area contributed by atoms with E-state index in [1.54, 1.807) is 0 Å². The number of hydrogen-bond acceptors (Lipinski definition) is 2. The fourth-order valence-corrected chi connectivity index (χ4v) is 2.93. The fraction of sp³-hybridized carbons (Fsp3) is 1.00. The van der Waals surface area contributed by atoms with E-state index in [9.17, 15) is 0 Å². The Morgan fingerprint density at radius 3 is 2.33 bits per heavy atom. The van der Waals surface area contributed by atoms with Crippen LogP contribution in [0.5, 0.6) is 0 Å². The highest BCUT2D eigenvalue weighted by Crippen LogP contribution is 2.35. The highest BCUT2D eigenvalue weighted by atomic mass is 15.2. The molecule has 0 heterocycles. The Balaban J connectivity index is 1.83. The topological polar surface area (TPSA) is 15.3 Å². The zero-order valence-electron chi connectivity index (χ0n) is 10.6. The minimum Gasteiger partial charge on any atom is -0.312 e. The Kier molecular flexibility index (Phi) is 3.36. The van der Waals surface area contributed by atoms with Crippen LogP contribution in [0.25, 0.3) is 0 Å². The summed E-state index contributed by atoms with van der Waals surface area (Å²) in [7, 11) is 4.49. The average Bonchev–Trinajstić information content (AvgIpc) is 2.94. The van der Waals surface area contributed by atoms with Gasteiger partial charge in [0.25, 0.3) is 0 Å². The second kappa shape index (κ2) is 4.42. The van der Waals surface area contributed by atoms with Gasteiger partial charge < -0.3 is 10.2 Å². The van der Waals surface area contributed by atoms with Crippen molar-refractivity contribution in [2.75, 3.05) is 20.6 Å². The first-order valence-corrected chi connectivity index (χ1v) is 6.55.